The predicted molar refractivity (Wildman–Crippen MR) is 76.4 cm³/mol. The normalized spacial score (nSPS) is 21.7. The van der Waals surface area contributed by atoms with Crippen molar-refractivity contribution in [3.05, 3.63) is 35.4 Å². The number of ether oxygens (including phenoxy) is 1. The van der Waals surface area contributed by atoms with E-state index in [9.17, 15) is 19.8 Å². The van der Waals surface area contributed by atoms with E-state index in [0.717, 1.165) is 18.9 Å². The molecule has 0 saturated heterocycles. The van der Waals surface area contributed by atoms with Crippen molar-refractivity contribution >= 4 is 11.8 Å². The summed E-state index contributed by atoms with van der Waals surface area (Å²) in [5, 5.41) is 19.4. The van der Waals surface area contributed by atoms with E-state index in [1.165, 1.54) is 12.1 Å². The monoisotopic (exact) mass is 290 g/mol. The van der Waals surface area contributed by atoms with E-state index in [1.807, 2.05) is 6.92 Å². The van der Waals surface area contributed by atoms with E-state index < -0.39 is 5.97 Å². The highest BCUT2D eigenvalue weighted by Gasteiger charge is 2.20. The summed E-state index contributed by atoms with van der Waals surface area (Å²) in [7, 11) is 0. The van der Waals surface area contributed by atoms with Crippen LogP contribution in [0.5, 0.6) is 11.5 Å². The number of benzene rings is 1. The third-order valence-corrected chi connectivity index (χ3v) is 3.35. The first-order chi connectivity index (χ1) is 9.97. The molecule has 112 valence electrons. The Morgan fingerprint density at radius 1 is 1.24 bits per heavy atom. The largest absolute Gasteiger partial charge is 0.508 e. The number of hydrogen-bond donors (Lipinski definition) is 2. The zero-order chi connectivity index (χ0) is 15.4. The summed E-state index contributed by atoms with van der Waals surface area (Å²) in [5.41, 5.74) is 0.300. The zero-order valence-electron chi connectivity index (χ0n) is 11.8. The number of esters is 1. The fourth-order valence-electron chi connectivity index (χ4n) is 2.37. The van der Waals surface area contributed by atoms with Crippen LogP contribution in [0.4, 0.5) is 0 Å². The van der Waals surface area contributed by atoms with Crippen LogP contribution in [0.1, 0.15) is 42.1 Å². The molecule has 21 heavy (non-hydrogen) atoms. The molecular formula is C16H18O5. The van der Waals surface area contributed by atoms with Gasteiger partial charge in [0.2, 0.25) is 0 Å². The fourth-order valence-corrected chi connectivity index (χ4v) is 2.37. The molecule has 0 bridgehead atoms. The van der Waals surface area contributed by atoms with Gasteiger partial charge in [-0.05, 0) is 43.9 Å². The van der Waals surface area contributed by atoms with Crippen LogP contribution in [0.2, 0.25) is 0 Å². The Balaban J connectivity index is 2.43. The van der Waals surface area contributed by atoms with Crippen LogP contribution in [0.15, 0.2) is 24.3 Å². The van der Waals surface area contributed by atoms with Crippen molar-refractivity contribution in [1.82, 2.24) is 0 Å². The first-order valence-corrected chi connectivity index (χ1v) is 6.92. The van der Waals surface area contributed by atoms with Crippen molar-refractivity contribution in [2.45, 2.75) is 38.7 Å². The van der Waals surface area contributed by atoms with Gasteiger partial charge in [-0.25, -0.2) is 0 Å². The predicted octanol–water partition coefficient (Wildman–Crippen LogP) is 2.49. The average Bonchev–Trinajstić information content (AvgIpc) is 2.35. The molecule has 2 rings (SSSR count). The maximum Gasteiger partial charge on any atom is 0.310 e. The van der Waals surface area contributed by atoms with Crippen molar-refractivity contribution in [1.29, 1.82) is 0 Å². The van der Waals surface area contributed by atoms with Gasteiger partial charge < -0.3 is 14.9 Å². The molecule has 1 heterocycles. The van der Waals surface area contributed by atoms with E-state index >= 15 is 0 Å². The van der Waals surface area contributed by atoms with Crippen LogP contribution in [0.3, 0.4) is 0 Å². The number of cyclic esters (lactones) is 1. The highest BCUT2D eigenvalue weighted by molar-refractivity contribution is 6.08. The van der Waals surface area contributed by atoms with Crippen LogP contribution in [0, 0.1) is 0 Å². The summed E-state index contributed by atoms with van der Waals surface area (Å²) in [6.07, 6.45) is 5.01. The Morgan fingerprint density at radius 3 is 2.76 bits per heavy atom. The molecule has 0 aromatic heterocycles. The summed E-state index contributed by atoms with van der Waals surface area (Å²) in [6.45, 7) is 1.82. The summed E-state index contributed by atoms with van der Waals surface area (Å²) >= 11 is 0. The molecule has 0 saturated carbocycles. The molecule has 0 fully saturated rings. The summed E-state index contributed by atoms with van der Waals surface area (Å²) in [5.74, 6) is -1.40. The number of phenolic OH excluding ortho intramolecular Hbond substituents is 2. The van der Waals surface area contributed by atoms with Crippen LogP contribution in [-0.4, -0.2) is 28.1 Å². The van der Waals surface area contributed by atoms with Crippen molar-refractivity contribution in [2.75, 3.05) is 0 Å². The minimum absolute atomic E-state index is 0.0363. The number of carbonyl (C=O) groups excluding carboxylic acids is 2. The van der Waals surface area contributed by atoms with Crippen LogP contribution < -0.4 is 0 Å². The lowest BCUT2D eigenvalue weighted by molar-refractivity contribution is -0.147. The van der Waals surface area contributed by atoms with Gasteiger partial charge in [0.25, 0.3) is 0 Å². The van der Waals surface area contributed by atoms with Gasteiger partial charge in [-0.1, -0.05) is 6.08 Å². The third kappa shape index (κ3) is 3.84. The lowest BCUT2D eigenvalue weighted by Gasteiger charge is -2.15. The first kappa shape index (κ1) is 15.1. The number of hydrogen-bond acceptors (Lipinski definition) is 5. The zero-order valence-corrected chi connectivity index (χ0v) is 11.8. The smallest absolute Gasteiger partial charge is 0.310 e. The van der Waals surface area contributed by atoms with Gasteiger partial charge in [0.05, 0.1) is 18.1 Å². The Hall–Kier alpha value is -2.30. The second kappa shape index (κ2) is 6.43. The Bertz CT molecular complexity index is 589. The third-order valence-electron chi connectivity index (χ3n) is 3.35. The van der Waals surface area contributed by atoms with E-state index in [-0.39, 0.29) is 40.9 Å². The maximum atomic E-state index is 12.1. The number of fused-ring (bicyclic) bond motifs is 1. The Labute approximate surface area is 122 Å². The molecule has 5 nitrogen and oxygen atoms in total. The van der Waals surface area contributed by atoms with Crippen LogP contribution in [-0.2, 0) is 16.0 Å². The van der Waals surface area contributed by atoms with Crippen LogP contribution >= 0.6 is 0 Å². The molecule has 0 spiro atoms. The minimum Gasteiger partial charge on any atom is -0.508 e. The molecule has 0 radical (unpaired) electrons. The van der Waals surface area contributed by atoms with Gasteiger partial charge in [0.15, 0.2) is 5.78 Å². The van der Waals surface area contributed by atoms with Gasteiger partial charge >= 0.3 is 5.97 Å². The molecule has 1 aromatic carbocycles. The van der Waals surface area contributed by atoms with Crippen molar-refractivity contribution < 1.29 is 24.5 Å². The van der Waals surface area contributed by atoms with Gasteiger partial charge in [-0.15, -0.1) is 0 Å². The molecule has 1 aliphatic rings. The van der Waals surface area contributed by atoms with Gasteiger partial charge in [0, 0.05) is 6.07 Å². The minimum atomic E-state index is -0.480. The number of aromatic hydroxyl groups is 2. The van der Waals surface area contributed by atoms with E-state index in [0.29, 0.717) is 6.42 Å². The highest BCUT2D eigenvalue weighted by atomic mass is 16.5. The second-order valence-electron chi connectivity index (χ2n) is 5.17. The van der Waals surface area contributed by atoms with Gasteiger partial charge in [-0.3, -0.25) is 9.59 Å². The molecule has 2 N–H and O–H groups in total. The topological polar surface area (TPSA) is 83.8 Å². The van der Waals surface area contributed by atoms with E-state index in [1.54, 1.807) is 6.08 Å². The van der Waals surface area contributed by atoms with E-state index in [2.05, 4.69) is 0 Å². The van der Waals surface area contributed by atoms with Crippen molar-refractivity contribution in [3.8, 4) is 11.5 Å². The Kier molecular flexibility index (Phi) is 4.62. The summed E-state index contributed by atoms with van der Waals surface area (Å²) < 4.78 is 5.26. The lowest BCUT2D eigenvalue weighted by atomic mass is 9.98. The average molecular weight is 290 g/mol. The molecular weight excluding hydrogens is 272 g/mol. The molecule has 1 aliphatic heterocycles. The number of allylic oxidation sites excluding steroid dienone is 2. The molecule has 0 unspecified atom stereocenters. The molecule has 1 atom stereocenters. The van der Waals surface area contributed by atoms with Crippen LogP contribution in [0.25, 0.3) is 0 Å². The fraction of sp³-hybridized carbons (Fsp3) is 0.375. The number of carbonyl (C=O) groups is 2. The molecule has 1 aromatic rings. The standard InChI is InChI=1S/C16H18O5/c1-10-5-3-2-4-6-13(18)16-11(8-15(20)21-10)7-12(17)9-14(16)19/h4,6-7,9-10,17,19H,2-3,5,8H2,1H3/b6-4-/t10-/m1/s1. The number of ketones is 1. The summed E-state index contributed by atoms with van der Waals surface area (Å²) in [6, 6.07) is 2.39. The van der Waals surface area contributed by atoms with Crippen molar-refractivity contribution in [2.24, 2.45) is 0 Å². The maximum absolute atomic E-state index is 12.1. The quantitative estimate of drug-likeness (QED) is 0.717. The van der Waals surface area contributed by atoms with Gasteiger partial charge in [0.1, 0.15) is 11.5 Å². The van der Waals surface area contributed by atoms with E-state index in [4.69, 9.17) is 4.74 Å². The highest BCUT2D eigenvalue weighted by Crippen LogP contribution is 2.29. The molecule has 5 heteroatoms. The lowest BCUT2D eigenvalue weighted by Crippen LogP contribution is -2.18. The molecule has 0 amide bonds. The van der Waals surface area contributed by atoms with Gasteiger partial charge in [-0.2, -0.15) is 0 Å². The summed E-state index contributed by atoms with van der Waals surface area (Å²) in [4.78, 5) is 24.0. The van der Waals surface area contributed by atoms with Crippen molar-refractivity contribution in [3.63, 3.8) is 0 Å². The number of phenols is 2. The molecule has 0 aliphatic carbocycles. The Morgan fingerprint density at radius 2 is 2.00 bits per heavy atom. The SMILES string of the molecule is C[C@@H]1CCC/C=C\C(=O)c2c(O)cc(O)cc2CC(=O)O1. The second-order valence-corrected chi connectivity index (χ2v) is 5.17. The first-order valence-electron chi connectivity index (χ1n) is 6.92. The number of rotatable bonds is 0.